The molecular formula is C16H17NO3. The highest BCUT2D eigenvalue weighted by Gasteiger charge is 2.45. The minimum atomic E-state index is -0.452. The van der Waals surface area contributed by atoms with Crippen molar-refractivity contribution in [2.75, 3.05) is 0 Å². The van der Waals surface area contributed by atoms with E-state index in [4.69, 9.17) is 4.74 Å². The van der Waals surface area contributed by atoms with Crippen LogP contribution in [0, 0.1) is 17.8 Å². The lowest BCUT2D eigenvalue weighted by Gasteiger charge is -2.24. The normalized spacial score (nSPS) is 30.2. The zero-order valence-electron chi connectivity index (χ0n) is 11.1. The van der Waals surface area contributed by atoms with Crippen LogP contribution in [0.3, 0.4) is 0 Å². The van der Waals surface area contributed by atoms with Crippen molar-refractivity contribution in [2.24, 2.45) is 17.8 Å². The molecule has 1 N–H and O–H groups in total. The molecule has 1 saturated carbocycles. The Morgan fingerprint density at radius 1 is 1.25 bits per heavy atom. The van der Waals surface area contributed by atoms with Gasteiger partial charge in [-0.3, -0.25) is 0 Å². The molecular weight excluding hydrogens is 254 g/mol. The smallest absolute Gasteiger partial charge is 0.407 e. The molecule has 0 aliphatic heterocycles. The van der Waals surface area contributed by atoms with Gasteiger partial charge in [0.1, 0.15) is 12.9 Å². The van der Waals surface area contributed by atoms with Gasteiger partial charge < -0.3 is 14.8 Å². The van der Waals surface area contributed by atoms with E-state index in [0.717, 1.165) is 18.3 Å². The van der Waals surface area contributed by atoms with Crippen LogP contribution < -0.4 is 5.32 Å². The van der Waals surface area contributed by atoms with E-state index in [1.54, 1.807) is 0 Å². The highest BCUT2D eigenvalue weighted by Crippen LogP contribution is 2.42. The first-order valence-corrected chi connectivity index (χ1v) is 6.89. The second kappa shape index (κ2) is 5.49. The van der Waals surface area contributed by atoms with Crippen LogP contribution in [-0.2, 0) is 16.1 Å². The summed E-state index contributed by atoms with van der Waals surface area (Å²) in [5.41, 5.74) is 0.947. The molecule has 4 nitrogen and oxygen atoms in total. The summed E-state index contributed by atoms with van der Waals surface area (Å²) in [7, 11) is 0. The molecule has 0 radical (unpaired) electrons. The van der Waals surface area contributed by atoms with Crippen molar-refractivity contribution in [2.45, 2.75) is 19.1 Å². The van der Waals surface area contributed by atoms with E-state index in [1.165, 1.54) is 0 Å². The first-order valence-electron chi connectivity index (χ1n) is 6.89. The monoisotopic (exact) mass is 271 g/mol. The number of hydrogen-bond donors (Lipinski definition) is 1. The standard InChI is InChI=1S/C16H17NO3/c18-9-14-12-6-7-13(8-12)15(14)17-16(19)20-10-11-4-2-1-3-5-11/h1-7,9,12-15H,8,10H2,(H,17,19)/t12-,13-,14+,15-/m0/s1. The number of carbonyl (C=O) groups is 2. The molecule has 2 aliphatic rings. The summed E-state index contributed by atoms with van der Waals surface area (Å²) in [5, 5.41) is 2.84. The van der Waals surface area contributed by atoms with Crippen LogP contribution in [0.15, 0.2) is 42.5 Å². The summed E-state index contributed by atoms with van der Waals surface area (Å²) in [6, 6.07) is 9.41. The number of nitrogens with one attached hydrogen (secondary N) is 1. The van der Waals surface area contributed by atoms with Crippen molar-refractivity contribution in [3.8, 4) is 0 Å². The quantitative estimate of drug-likeness (QED) is 0.675. The molecule has 0 aromatic heterocycles. The molecule has 104 valence electrons. The van der Waals surface area contributed by atoms with Crippen LogP contribution >= 0.6 is 0 Å². The molecule has 0 saturated heterocycles. The van der Waals surface area contributed by atoms with E-state index < -0.39 is 6.09 Å². The van der Waals surface area contributed by atoms with Gasteiger partial charge >= 0.3 is 6.09 Å². The summed E-state index contributed by atoms with van der Waals surface area (Å²) in [6.07, 6.45) is 5.62. The van der Waals surface area contributed by atoms with Crippen molar-refractivity contribution in [1.29, 1.82) is 0 Å². The predicted octanol–water partition coefficient (Wildman–Crippen LogP) is 2.30. The van der Waals surface area contributed by atoms with Crippen LogP contribution in [0.5, 0.6) is 0 Å². The van der Waals surface area contributed by atoms with Crippen LogP contribution in [-0.4, -0.2) is 18.4 Å². The SMILES string of the molecule is O=C[C@H]1[C@@H](NC(=O)OCc2ccccc2)[C@H]2C=C[C@H]1C2. The van der Waals surface area contributed by atoms with Crippen LogP contribution in [0.4, 0.5) is 4.79 Å². The fourth-order valence-corrected chi connectivity index (χ4v) is 3.15. The Morgan fingerprint density at radius 2 is 2.00 bits per heavy atom. The Kier molecular flexibility index (Phi) is 3.54. The van der Waals surface area contributed by atoms with Gasteiger partial charge in [-0.15, -0.1) is 0 Å². The molecule has 0 unspecified atom stereocenters. The highest BCUT2D eigenvalue weighted by molar-refractivity contribution is 5.69. The molecule has 1 aromatic rings. The molecule has 0 spiro atoms. The molecule has 0 heterocycles. The second-order valence-corrected chi connectivity index (χ2v) is 5.39. The summed E-state index contributed by atoms with van der Waals surface area (Å²) < 4.78 is 5.20. The van der Waals surface area contributed by atoms with Crippen molar-refractivity contribution in [3.63, 3.8) is 0 Å². The van der Waals surface area contributed by atoms with Gasteiger partial charge in [0.2, 0.25) is 0 Å². The molecule has 1 amide bonds. The molecule has 2 bridgehead atoms. The Balaban J connectivity index is 1.54. The Labute approximate surface area is 117 Å². The predicted molar refractivity (Wildman–Crippen MR) is 73.8 cm³/mol. The third-order valence-electron chi connectivity index (χ3n) is 4.17. The molecule has 1 fully saturated rings. The summed E-state index contributed by atoms with van der Waals surface area (Å²) in [5.74, 6) is 0.422. The van der Waals surface area contributed by atoms with Gasteiger partial charge in [-0.05, 0) is 23.8 Å². The largest absolute Gasteiger partial charge is 0.445 e. The zero-order chi connectivity index (χ0) is 13.9. The van der Waals surface area contributed by atoms with Crippen LogP contribution in [0.1, 0.15) is 12.0 Å². The number of allylic oxidation sites excluding steroid dienone is 1. The second-order valence-electron chi connectivity index (χ2n) is 5.39. The summed E-state index contributed by atoms with van der Waals surface area (Å²) >= 11 is 0. The summed E-state index contributed by atoms with van der Waals surface area (Å²) in [4.78, 5) is 23.0. The van der Waals surface area contributed by atoms with Crippen molar-refractivity contribution < 1.29 is 14.3 Å². The van der Waals surface area contributed by atoms with Crippen LogP contribution in [0.2, 0.25) is 0 Å². The minimum Gasteiger partial charge on any atom is -0.445 e. The topological polar surface area (TPSA) is 55.4 Å². The van der Waals surface area contributed by atoms with E-state index in [1.807, 2.05) is 30.3 Å². The highest BCUT2D eigenvalue weighted by atomic mass is 16.5. The summed E-state index contributed by atoms with van der Waals surface area (Å²) in [6.45, 7) is 0.245. The van der Waals surface area contributed by atoms with Gasteiger partial charge in [-0.2, -0.15) is 0 Å². The molecule has 20 heavy (non-hydrogen) atoms. The van der Waals surface area contributed by atoms with Gasteiger partial charge in [-0.25, -0.2) is 4.79 Å². The van der Waals surface area contributed by atoms with E-state index in [2.05, 4.69) is 17.5 Å². The minimum absolute atomic E-state index is 0.116. The van der Waals surface area contributed by atoms with E-state index in [0.29, 0.717) is 0 Å². The van der Waals surface area contributed by atoms with Gasteiger partial charge in [0.15, 0.2) is 0 Å². The molecule has 2 aliphatic carbocycles. The fourth-order valence-electron chi connectivity index (χ4n) is 3.15. The molecule has 3 rings (SSSR count). The van der Waals surface area contributed by atoms with Gasteiger partial charge in [-0.1, -0.05) is 42.5 Å². The average Bonchev–Trinajstić information content (AvgIpc) is 3.07. The third kappa shape index (κ3) is 2.46. The number of hydrogen-bond acceptors (Lipinski definition) is 3. The molecule has 1 aromatic carbocycles. The average molecular weight is 271 g/mol. The Morgan fingerprint density at radius 3 is 2.75 bits per heavy atom. The van der Waals surface area contributed by atoms with Gasteiger partial charge in [0.05, 0.1) is 0 Å². The fraction of sp³-hybridized carbons (Fsp3) is 0.375. The lowest BCUT2D eigenvalue weighted by Crippen LogP contribution is -2.43. The van der Waals surface area contributed by atoms with Crippen LogP contribution in [0.25, 0.3) is 0 Å². The third-order valence-corrected chi connectivity index (χ3v) is 4.17. The van der Waals surface area contributed by atoms with Crippen molar-refractivity contribution in [3.05, 3.63) is 48.0 Å². The first kappa shape index (κ1) is 12.9. The molecule has 4 heteroatoms. The lowest BCUT2D eigenvalue weighted by atomic mass is 9.90. The van der Waals surface area contributed by atoms with Gasteiger partial charge in [0, 0.05) is 12.0 Å². The zero-order valence-corrected chi connectivity index (χ0v) is 11.1. The van der Waals surface area contributed by atoms with Gasteiger partial charge in [0.25, 0.3) is 0 Å². The maximum atomic E-state index is 11.8. The Bertz CT molecular complexity index is 526. The number of alkyl carbamates (subject to hydrolysis) is 1. The Hall–Kier alpha value is -2.10. The maximum Gasteiger partial charge on any atom is 0.407 e. The van der Waals surface area contributed by atoms with Crippen molar-refractivity contribution >= 4 is 12.4 Å². The lowest BCUT2D eigenvalue weighted by molar-refractivity contribution is -0.112. The van der Waals surface area contributed by atoms with E-state index >= 15 is 0 Å². The molecule has 4 atom stereocenters. The number of benzene rings is 1. The van der Waals surface area contributed by atoms with E-state index in [-0.39, 0.29) is 30.4 Å². The maximum absolute atomic E-state index is 11.8. The number of carbonyl (C=O) groups excluding carboxylic acids is 2. The first-order chi connectivity index (χ1) is 9.78. The number of amides is 1. The van der Waals surface area contributed by atoms with Crippen molar-refractivity contribution in [1.82, 2.24) is 5.32 Å². The number of aldehydes is 1. The number of fused-ring (bicyclic) bond motifs is 2. The number of ether oxygens (including phenoxy) is 1. The number of rotatable bonds is 4. The van der Waals surface area contributed by atoms with E-state index in [9.17, 15) is 9.59 Å².